The number of aromatic nitrogens is 2. The first-order valence-electron chi connectivity index (χ1n) is 8.19. The van der Waals surface area contributed by atoms with E-state index in [2.05, 4.69) is 39.6 Å². The minimum Gasteiger partial charge on any atom is -0.482 e. The highest BCUT2D eigenvalue weighted by atomic mass is 16.5. The summed E-state index contributed by atoms with van der Waals surface area (Å²) in [6.07, 6.45) is 5.10. The number of carboxylic acids is 1. The Morgan fingerprint density at radius 3 is 2.42 bits per heavy atom. The summed E-state index contributed by atoms with van der Waals surface area (Å²) in [4.78, 5) is 18.6. The fourth-order valence-electron chi connectivity index (χ4n) is 2.50. The Bertz CT molecular complexity index is 852. The average Bonchev–Trinajstić information content (AvgIpc) is 2.68. The molecular weight excluding hydrogens is 330 g/mol. The number of nitrogens with one attached hydrogen (secondary N) is 1. The highest BCUT2D eigenvalue weighted by molar-refractivity contribution is 5.68. The lowest BCUT2D eigenvalue weighted by molar-refractivity contribution is -0.139. The smallest absolute Gasteiger partial charge is 0.341 e. The van der Waals surface area contributed by atoms with Gasteiger partial charge in [-0.2, -0.15) is 0 Å². The van der Waals surface area contributed by atoms with Gasteiger partial charge in [0.1, 0.15) is 12.1 Å². The number of carbonyl (C=O) groups is 1. The van der Waals surface area contributed by atoms with Crippen LogP contribution >= 0.6 is 0 Å². The van der Waals surface area contributed by atoms with E-state index in [1.54, 1.807) is 18.5 Å². The van der Waals surface area contributed by atoms with E-state index in [0.717, 1.165) is 23.2 Å². The third-order valence-electron chi connectivity index (χ3n) is 3.77. The second-order valence-corrected chi connectivity index (χ2v) is 5.76. The quantitative estimate of drug-likeness (QED) is 0.650. The molecule has 3 rings (SSSR count). The van der Waals surface area contributed by atoms with Crippen molar-refractivity contribution in [2.45, 2.75) is 13.1 Å². The van der Waals surface area contributed by atoms with E-state index in [-0.39, 0.29) is 6.61 Å². The predicted octanol–water partition coefficient (Wildman–Crippen LogP) is 2.90. The van der Waals surface area contributed by atoms with Gasteiger partial charge in [-0.05, 0) is 28.8 Å². The molecule has 0 aliphatic rings. The van der Waals surface area contributed by atoms with E-state index in [9.17, 15) is 4.79 Å². The molecule has 0 radical (unpaired) electrons. The Morgan fingerprint density at radius 2 is 1.69 bits per heavy atom. The van der Waals surface area contributed by atoms with E-state index in [1.807, 2.05) is 18.2 Å². The molecule has 0 atom stereocenters. The van der Waals surface area contributed by atoms with Crippen molar-refractivity contribution in [3.05, 3.63) is 78.4 Å². The Kier molecular flexibility index (Phi) is 5.90. The van der Waals surface area contributed by atoms with Crippen LogP contribution in [0.2, 0.25) is 0 Å². The van der Waals surface area contributed by atoms with Crippen LogP contribution in [0.1, 0.15) is 11.1 Å². The maximum Gasteiger partial charge on any atom is 0.341 e. The molecule has 6 nitrogen and oxygen atoms in total. The molecule has 0 spiro atoms. The van der Waals surface area contributed by atoms with Gasteiger partial charge in [0, 0.05) is 31.0 Å². The number of hydrogen-bond donors (Lipinski definition) is 2. The van der Waals surface area contributed by atoms with Crippen molar-refractivity contribution in [1.29, 1.82) is 0 Å². The number of carboxylic acid groups (broad SMARTS) is 1. The Morgan fingerprint density at radius 1 is 0.962 bits per heavy atom. The summed E-state index contributed by atoms with van der Waals surface area (Å²) in [7, 11) is 0. The van der Waals surface area contributed by atoms with Gasteiger partial charge in [-0.3, -0.25) is 0 Å². The van der Waals surface area contributed by atoms with Crippen molar-refractivity contribution in [2.24, 2.45) is 0 Å². The summed E-state index contributed by atoms with van der Waals surface area (Å²) >= 11 is 0. The zero-order valence-electron chi connectivity index (χ0n) is 14.1. The first kappa shape index (κ1) is 17.6. The van der Waals surface area contributed by atoms with E-state index in [4.69, 9.17) is 9.84 Å². The molecule has 0 fully saturated rings. The van der Waals surface area contributed by atoms with Gasteiger partial charge in [0.15, 0.2) is 6.61 Å². The molecule has 1 heterocycles. The number of nitrogens with zero attached hydrogens (tertiary/aromatic N) is 2. The lowest BCUT2D eigenvalue weighted by atomic mass is 10.1. The van der Waals surface area contributed by atoms with Gasteiger partial charge in [-0.1, -0.05) is 36.4 Å². The van der Waals surface area contributed by atoms with Crippen molar-refractivity contribution >= 4 is 5.97 Å². The number of benzene rings is 2. The van der Waals surface area contributed by atoms with Gasteiger partial charge >= 0.3 is 5.97 Å². The van der Waals surface area contributed by atoms with E-state index in [1.165, 1.54) is 11.9 Å². The predicted molar refractivity (Wildman–Crippen MR) is 97.6 cm³/mol. The zero-order chi connectivity index (χ0) is 18.2. The maximum atomic E-state index is 10.6. The number of hydrogen-bond acceptors (Lipinski definition) is 5. The Hall–Kier alpha value is -3.25. The van der Waals surface area contributed by atoms with Crippen LogP contribution in [0.4, 0.5) is 0 Å². The van der Waals surface area contributed by atoms with Crippen LogP contribution in [0, 0.1) is 0 Å². The molecule has 6 heteroatoms. The molecule has 0 aliphatic heterocycles. The van der Waals surface area contributed by atoms with Gasteiger partial charge in [0.05, 0.1) is 0 Å². The molecule has 0 bridgehead atoms. The summed E-state index contributed by atoms with van der Waals surface area (Å²) in [6.45, 7) is 1.06. The summed E-state index contributed by atoms with van der Waals surface area (Å²) in [5.74, 6) is -0.430. The highest BCUT2D eigenvalue weighted by Gasteiger charge is 2.02. The van der Waals surface area contributed by atoms with Crippen LogP contribution in [0.5, 0.6) is 5.75 Å². The molecule has 2 aromatic carbocycles. The summed E-state index contributed by atoms with van der Waals surface area (Å²) in [5.41, 5.74) is 4.28. The van der Waals surface area contributed by atoms with E-state index >= 15 is 0 Å². The van der Waals surface area contributed by atoms with Crippen LogP contribution in [0.25, 0.3) is 11.1 Å². The second-order valence-electron chi connectivity index (χ2n) is 5.76. The normalized spacial score (nSPS) is 10.5. The molecule has 0 unspecified atom stereocenters. The summed E-state index contributed by atoms with van der Waals surface area (Å²) < 4.78 is 5.19. The maximum absolute atomic E-state index is 10.6. The summed E-state index contributed by atoms with van der Waals surface area (Å²) in [6, 6.07) is 15.7. The molecule has 132 valence electrons. The van der Waals surface area contributed by atoms with Crippen LogP contribution in [-0.4, -0.2) is 27.7 Å². The number of ether oxygens (including phenoxy) is 1. The average molecular weight is 349 g/mol. The highest BCUT2D eigenvalue weighted by Crippen LogP contribution is 2.18. The SMILES string of the molecule is O=C(O)COc1cccc(CNCc2ccc(-c3cncnc3)cc2)c1. The molecule has 0 aliphatic carbocycles. The van der Waals surface area contributed by atoms with Crippen LogP contribution in [0.3, 0.4) is 0 Å². The third-order valence-corrected chi connectivity index (χ3v) is 3.77. The topological polar surface area (TPSA) is 84.3 Å². The summed E-state index contributed by atoms with van der Waals surface area (Å²) in [5, 5.41) is 12.0. The number of rotatable bonds is 8. The van der Waals surface area contributed by atoms with Gasteiger partial charge in [0.25, 0.3) is 0 Å². The van der Waals surface area contributed by atoms with Crippen molar-refractivity contribution < 1.29 is 14.6 Å². The first-order valence-corrected chi connectivity index (χ1v) is 8.19. The van der Waals surface area contributed by atoms with E-state index < -0.39 is 5.97 Å². The molecule has 2 N–H and O–H groups in total. The van der Waals surface area contributed by atoms with Crippen molar-refractivity contribution in [3.63, 3.8) is 0 Å². The second kappa shape index (κ2) is 8.73. The standard InChI is InChI=1S/C20H19N3O3/c24-20(25)13-26-19-3-1-2-16(8-19)10-21-9-15-4-6-17(7-5-15)18-11-22-14-23-12-18/h1-8,11-12,14,21H,9-10,13H2,(H,24,25). The van der Waals surface area contributed by atoms with Crippen molar-refractivity contribution in [1.82, 2.24) is 15.3 Å². The van der Waals surface area contributed by atoms with Crippen molar-refractivity contribution in [2.75, 3.05) is 6.61 Å². The van der Waals surface area contributed by atoms with Gasteiger partial charge in [-0.25, -0.2) is 14.8 Å². The minimum atomic E-state index is -0.987. The Balaban J connectivity index is 1.52. The molecule has 0 amide bonds. The molecule has 3 aromatic rings. The van der Waals surface area contributed by atoms with Gasteiger partial charge in [-0.15, -0.1) is 0 Å². The first-order chi connectivity index (χ1) is 12.7. The number of aliphatic carboxylic acids is 1. The third kappa shape index (κ3) is 5.12. The lowest BCUT2D eigenvalue weighted by Gasteiger charge is -2.08. The zero-order valence-corrected chi connectivity index (χ0v) is 14.1. The van der Waals surface area contributed by atoms with Gasteiger partial charge < -0.3 is 15.2 Å². The molecule has 0 saturated carbocycles. The molecule has 1 aromatic heterocycles. The van der Waals surface area contributed by atoms with Crippen molar-refractivity contribution in [3.8, 4) is 16.9 Å². The van der Waals surface area contributed by atoms with Crippen LogP contribution in [0.15, 0.2) is 67.3 Å². The van der Waals surface area contributed by atoms with Gasteiger partial charge in [0.2, 0.25) is 0 Å². The monoisotopic (exact) mass is 349 g/mol. The minimum absolute atomic E-state index is 0.338. The fourth-order valence-corrected chi connectivity index (χ4v) is 2.50. The van der Waals surface area contributed by atoms with E-state index in [0.29, 0.717) is 12.3 Å². The van der Waals surface area contributed by atoms with Crippen LogP contribution < -0.4 is 10.1 Å². The molecular formula is C20H19N3O3. The lowest BCUT2D eigenvalue weighted by Crippen LogP contribution is -2.13. The fraction of sp³-hybridized carbons (Fsp3) is 0.150. The molecule has 26 heavy (non-hydrogen) atoms. The molecule has 0 saturated heterocycles. The largest absolute Gasteiger partial charge is 0.482 e. The van der Waals surface area contributed by atoms with Crippen LogP contribution in [-0.2, 0) is 17.9 Å². The Labute approximate surface area is 151 Å².